The maximum atomic E-state index is 13.8. The Labute approximate surface area is 220 Å². The topological polar surface area (TPSA) is 97.3 Å². The molecule has 1 heterocycles. The fourth-order valence-electron chi connectivity index (χ4n) is 5.08. The van der Waals surface area contributed by atoms with Gasteiger partial charge in [0.25, 0.3) is 17.7 Å². The molecule has 4 atom stereocenters. The SMILES string of the molecule is CCOc1cc(C=NN2C(=O)[C@@H]3[C@H](C2=O)[C@H]2C=C[C@H]3C2)cc(I)c1OCC(=O)Nc1ccccc1F. The van der Waals surface area contributed by atoms with Crippen LogP contribution in [0.4, 0.5) is 10.1 Å². The first kappa shape index (κ1) is 24.4. The molecular weight excluding hydrogens is 580 g/mol. The summed E-state index contributed by atoms with van der Waals surface area (Å²) in [4.78, 5) is 38.0. The second-order valence-electron chi connectivity index (χ2n) is 8.81. The third-order valence-electron chi connectivity index (χ3n) is 6.60. The molecule has 3 amide bonds. The summed E-state index contributed by atoms with van der Waals surface area (Å²) in [5, 5.41) is 7.68. The van der Waals surface area contributed by atoms with Crippen LogP contribution >= 0.6 is 22.6 Å². The van der Waals surface area contributed by atoms with Crippen LogP contribution in [0.15, 0.2) is 53.7 Å². The van der Waals surface area contributed by atoms with E-state index in [0.717, 1.165) is 11.4 Å². The maximum absolute atomic E-state index is 13.8. The van der Waals surface area contributed by atoms with Crippen molar-refractivity contribution >= 4 is 52.2 Å². The highest BCUT2D eigenvalue weighted by Gasteiger charge is 2.59. The molecular formula is C26H23FIN3O5. The van der Waals surface area contributed by atoms with E-state index in [-0.39, 0.29) is 47.8 Å². The van der Waals surface area contributed by atoms with E-state index < -0.39 is 11.7 Å². The van der Waals surface area contributed by atoms with Crippen molar-refractivity contribution in [1.82, 2.24) is 5.01 Å². The van der Waals surface area contributed by atoms with E-state index in [1.165, 1.54) is 24.4 Å². The van der Waals surface area contributed by atoms with Crippen molar-refractivity contribution < 1.29 is 28.2 Å². The summed E-state index contributed by atoms with van der Waals surface area (Å²) in [5.41, 5.74) is 0.668. The van der Waals surface area contributed by atoms with Gasteiger partial charge in [0.2, 0.25) is 0 Å². The number of carbonyl (C=O) groups excluding carboxylic acids is 3. The van der Waals surface area contributed by atoms with Gasteiger partial charge in [-0.15, -0.1) is 0 Å². The summed E-state index contributed by atoms with van der Waals surface area (Å²) in [6.45, 7) is 1.80. The minimum atomic E-state index is -0.540. The maximum Gasteiger partial charge on any atom is 0.262 e. The first-order valence-corrected chi connectivity index (χ1v) is 12.7. The number of imide groups is 1. The third-order valence-corrected chi connectivity index (χ3v) is 7.40. The molecule has 5 rings (SSSR count). The Morgan fingerprint density at radius 2 is 1.86 bits per heavy atom. The third kappa shape index (κ3) is 4.49. The Hall–Kier alpha value is -3.28. The fourth-order valence-corrected chi connectivity index (χ4v) is 5.86. The van der Waals surface area contributed by atoms with Crippen molar-refractivity contribution in [3.8, 4) is 11.5 Å². The van der Waals surface area contributed by atoms with E-state index >= 15 is 0 Å². The zero-order chi connectivity index (χ0) is 25.4. The number of nitrogens with one attached hydrogen (secondary N) is 1. The standard InChI is InChI=1S/C26H23FIN3O5/c1-2-35-20-10-14(12-29-31-25(33)22-15-7-8-16(11-15)23(22)26(31)34)9-18(28)24(20)36-13-21(32)30-19-6-4-3-5-17(19)27/h3-10,12,15-16,22-23H,2,11,13H2,1H3,(H,30,32)/t15-,16-,22-,23+/m0/s1. The molecule has 1 saturated heterocycles. The number of benzene rings is 2. The molecule has 0 spiro atoms. The predicted molar refractivity (Wildman–Crippen MR) is 138 cm³/mol. The molecule has 2 bridgehead atoms. The van der Waals surface area contributed by atoms with Crippen LogP contribution in [0.25, 0.3) is 0 Å². The van der Waals surface area contributed by atoms with Crippen LogP contribution in [0, 0.1) is 33.1 Å². The van der Waals surface area contributed by atoms with Crippen LogP contribution in [0.3, 0.4) is 0 Å². The highest BCUT2D eigenvalue weighted by Crippen LogP contribution is 2.52. The lowest BCUT2D eigenvalue weighted by molar-refractivity contribution is -0.140. The van der Waals surface area contributed by atoms with Crippen molar-refractivity contribution in [2.24, 2.45) is 28.8 Å². The van der Waals surface area contributed by atoms with Crippen molar-refractivity contribution in [1.29, 1.82) is 0 Å². The molecule has 2 aromatic rings. The van der Waals surface area contributed by atoms with Gasteiger partial charge < -0.3 is 14.8 Å². The first-order chi connectivity index (χ1) is 17.4. The summed E-state index contributed by atoms with van der Waals surface area (Å²) < 4.78 is 25.8. The van der Waals surface area contributed by atoms with Crippen LogP contribution in [0.2, 0.25) is 0 Å². The number of nitrogens with zero attached hydrogens (tertiary/aromatic N) is 2. The summed E-state index contributed by atoms with van der Waals surface area (Å²) in [6, 6.07) is 9.27. The van der Waals surface area contributed by atoms with Gasteiger partial charge in [0.15, 0.2) is 18.1 Å². The lowest BCUT2D eigenvalue weighted by Crippen LogP contribution is -2.28. The monoisotopic (exact) mass is 603 g/mol. The number of allylic oxidation sites excluding steroid dienone is 2. The summed E-state index contributed by atoms with van der Waals surface area (Å²) in [5.74, 6) is -1.22. The second kappa shape index (κ2) is 10.00. The largest absolute Gasteiger partial charge is 0.490 e. The van der Waals surface area contributed by atoms with E-state index in [9.17, 15) is 18.8 Å². The predicted octanol–water partition coefficient (Wildman–Crippen LogP) is 3.99. The lowest BCUT2D eigenvalue weighted by atomic mass is 9.85. The number of amides is 3. The normalized spacial score (nSPS) is 24.0. The molecule has 0 unspecified atom stereocenters. The Morgan fingerprint density at radius 1 is 1.17 bits per heavy atom. The number of anilines is 1. The van der Waals surface area contributed by atoms with E-state index in [0.29, 0.717) is 27.2 Å². The second-order valence-corrected chi connectivity index (χ2v) is 9.97. The number of fused-ring (bicyclic) bond motifs is 5. The van der Waals surface area contributed by atoms with Crippen LogP contribution in [0.1, 0.15) is 18.9 Å². The molecule has 1 aliphatic heterocycles. The zero-order valence-electron chi connectivity index (χ0n) is 19.3. The fraction of sp³-hybridized carbons (Fsp3) is 0.308. The Morgan fingerprint density at radius 3 is 2.53 bits per heavy atom. The Bertz CT molecular complexity index is 1270. The molecule has 0 aromatic heterocycles. The number of hydrogen-bond acceptors (Lipinski definition) is 6. The molecule has 36 heavy (non-hydrogen) atoms. The highest BCUT2D eigenvalue weighted by molar-refractivity contribution is 14.1. The van der Waals surface area contributed by atoms with E-state index in [1.54, 1.807) is 18.2 Å². The molecule has 1 N–H and O–H groups in total. The minimum Gasteiger partial charge on any atom is -0.490 e. The van der Waals surface area contributed by atoms with Crippen LogP contribution in [-0.2, 0) is 14.4 Å². The van der Waals surface area contributed by atoms with Crippen molar-refractivity contribution in [3.05, 3.63) is 63.5 Å². The number of ether oxygens (including phenoxy) is 2. The first-order valence-electron chi connectivity index (χ1n) is 11.6. The molecule has 3 aliphatic rings. The van der Waals surface area contributed by atoms with E-state index in [1.807, 2.05) is 41.7 Å². The van der Waals surface area contributed by atoms with Crippen molar-refractivity contribution in [2.75, 3.05) is 18.5 Å². The lowest BCUT2D eigenvalue weighted by Gasteiger charge is -2.15. The van der Waals surface area contributed by atoms with Crippen LogP contribution < -0.4 is 14.8 Å². The summed E-state index contributed by atoms with van der Waals surface area (Å²) in [7, 11) is 0. The minimum absolute atomic E-state index is 0.0660. The van der Waals surface area contributed by atoms with Gasteiger partial charge in [-0.05, 0) is 77.6 Å². The van der Waals surface area contributed by atoms with Gasteiger partial charge in [0.05, 0.1) is 33.9 Å². The molecule has 1 saturated carbocycles. The number of para-hydroxylation sites is 1. The number of rotatable bonds is 8. The smallest absolute Gasteiger partial charge is 0.262 e. The van der Waals surface area contributed by atoms with Gasteiger partial charge >= 0.3 is 0 Å². The van der Waals surface area contributed by atoms with Crippen molar-refractivity contribution in [3.63, 3.8) is 0 Å². The van der Waals surface area contributed by atoms with E-state index in [4.69, 9.17) is 9.47 Å². The molecule has 186 valence electrons. The average Bonchev–Trinajstić information content (AvgIpc) is 3.53. The molecule has 8 nitrogen and oxygen atoms in total. The van der Waals surface area contributed by atoms with Gasteiger partial charge in [0, 0.05) is 0 Å². The Kier molecular flexibility index (Phi) is 6.78. The quantitative estimate of drug-likeness (QED) is 0.213. The number of halogens is 2. The average molecular weight is 603 g/mol. The zero-order valence-corrected chi connectivity index (χ0v) is 21.5. The molecule has 10 heteroatoms. The van der Waals surface area contributed by atoms with Crippen molar-refractivity contribution in [2.45, 2.75) is 13.3 Å². The van der Waals surface area contributed by atoms with Gasteiger partial charge in [0.1, 0.15) is 5.82 Å². The highest BCUT2D eigenvalue weighted by atomic mass is 127. The molecule has 2 aromatic carbocycles. The van der Waals surface area contributed by atoms with Gasteiger partial charge in [-0.25, -0.2) is 4.39 Å². The molecule has 2 fully saturated rings. The van der Waals surface area contributed by atoms with Gasteiger partial charge in [-0.1, -0.05) is 24.3 Å². The molecule has 2 aliphatic carbocycles. The number of carbonyl (C=O) groups is 3. The number of hydrazone groups is 1. The van der Waals surface area contributed by atoms with Gasteiger partial charge in [-0.3, -0.25) is 14.4 Å². The number of hydrogen-bond donors (Lipinski definition) is 1. The van der Waals surface area contributed by atoms with Crippen LogP contribution in [0.5, 0.6) is 11.5 Å². The summed E-state index contributed by atoms with van der Waals surface area (Å²) in [6.07, 6.45) is 6.39. The molecule has 0 radical (unpaired) electrons. The van der Waals surface area contributed by atoms with Crippen LogP contribution in [-0.4, -0.2) is 42.2 Å². The Balaban J connectivity index is 1.29. The van der Waals surface area contributed by atoms with Gasteiger partial charge in [-0.2, -0.15) is 10.1 Å². The van der Waals surface area contributed by atoms with E-state index in [2.05, 4.69) is 10.4 Å². The summed E-state index contributed by atoms with van der Waals surface area (Å²) >= 11 is 2.04.